The molecule has 3 N–H and O–H groups in total. The second kappa shape index (κ2) is 3.66. The molecule has 0 saturated carbocycles. The molecule has 0 radical (unpaired) electrons. The fourth-order valence-corrected chi connectivity index (χ4v) is 0.678. The topological polar surface area (TPSA) is 84.9 Å². The van der Waals surface area contributed by atoms with E-state index in [4.69, 9.17) is 15.9 Å². The molecule has 0 aromatic carbocycles. The van der Waals surface area contributed by atoms with E-state index < -0.39 is 0 Å². The lowest BCUT2D eigenvalue weighted by molar-refractivity contribution is 0.325. The molecule has 1 heterocycles. The van der Waals surface area contributed by atoms with Crippen molar-refractivity contribution in [2.24, 2.45) is 5.73 Å². The molecule has 0 aliphatic carbocycles. The van der Waals surface area contributed by atoms with Crippen LogP contribution in [-0.2, 0) is 0 Å². The molecule has 5 heteroatoms. The Bertz CT molecular complexity index is 269. The maximum Gasteiger partial charge on any atom is 0.232 e. The highest BCUT2D eigenvalue weighted by Gasteiger charge is 1.98. The molecule has 0 fully saturated rings. The Morgan fingerprint density at radius 2 is 2.33 bits per heavy atom. The Balaban J connectivity index is 2.78. The van der Waals surface area contributed by atoms with Gasteiger partial charge in [0.05, 0.1) is 19.0 Å². The first-order valence-electron chi connectivity index (χ1n) is 3.53. The zero-order valence-electron chi connectivity index (χ0n) is 6.74. The molecule has 0 spiro atoms. The Morgan fingerprint density at radius 1 is 1.58 bits per heavy atom. The van der Waals surface area contributed by atoms with Gasteiger partial charge in [-0.2, -0.15) is 0 Å². The first-order chi connectivity index (χ1) is 5.74. The number of nitrogens with one attached hydrogen (secondary N) is 1. The van der Waals surface area contributed by atoms with Crippen molar-refractivity contribution < 1.29 is 4.74 Å². The van der Waals surface area contributed by atoms with E-state index in [1.165, 1.54) is 12.4 Å². The molecule has 0 amide bonds. The van der Waals surface area contributed by atoms with E-state index in [-0.39, 0.29) is 5.84 Å². The molecular formula is C7H10N4O. The number of ether oxygens (including phenoxy) is 1. The summed E-state index contributed by atoms with van der Waals surface area (Å²) in [5.74, 6) is 0.355. The highest BCUT2D eigenvalue weighted by atomic mass is 16.5. The van der Waals surface area contributed by atoms with Crippen LogP contribution in [0.1, 0.15) is 12.6 Å². The minimum Gasteiger partial charge on any atom is -0.477 e. The lowest BCUT2D eigenvalue weighted by Crippen LogP contribution is -2.13. The van der Waals surface area contributed by atoms with Crippen LogP contribution in [0.4, 0.5) is 0 Å². The molecule has 5 nitrogen and oxygen atoms in total. The quantitative estimate of drug-likeness (QED) is 0.494. The number of amidine groups is 1. The van der Waals surface area contributed by atoms with Crippen molar-refractivity contribution in [3.05, 3.63) is 18.1 Å². The molecule has 1 aromatic rings. The van der Waals surface area contributed by atoms with E-state index >= 15 is 0 Å². The lowest BCUT2D eigenvalue weighted by atomic mass is 10.4. The number of aromatic nitrogens is 2. The highest BCUT2D eigenvalue weighted by Crippen LogP contribution is 2.02. The van der Waals surface area contributed by atoms with Gasteiger partial charge in [-0.1, -0.05) is 0 Å². The average Bonchev–Trinajstić information content (AvgIpc) is 2.06. The van der Waals surface area contributed by atoms with Gasteiger partial charge in [0.1, 0.15) is 11.5 Å². The third kappa shape index (κ3) is 1.91. The fraction of sp³-hybridized carbons (Fsp3) is 0.286. The van der Waals surface area contributed by atoms with Crippen LogP contribution in [0.15, 0.2) is 12.4 Å². The summed E-state index contributed by atoms with van der Waals surface area (Å²) in [5.41, 5.74) is 5.54. The molecule has 1 aromatic heterocycles. The van der Waals surface area contributed by atoms with Gasteiger partial charge in [0.2, 0.25) is 5.88 Å². The monoisotopic (exact) mass is 166 g/mol. The van der Waals surface area contributed by atoms with E-state index in [1.807, 2.05) is 6.92 Å². The van der Waals surface area contributed by atoms with Crippen molar-refractivity contribution in [3.63, 3.8) is 0 Å². The summed E-state index contributed by atoms with van der Waals surface area (Å²) in [7, 11) is 0. The van der Waals surface area contributed by atoms with E-state index in [1.54, 1.807) is 0 Å². The molecule has 12 heavy (non-hydrogen) atoms. The smallest absolute Gasteiger partial charge is 0.232 e. The predicted molar refractivity (Wildman–Crippen MR) is 44.2 cm³/mol. The molecule has 0 bridgehead atoms. The van der Waals surface area contributed by atoms with Gasteiger partial charge in [0.15, 0.2) is 0 Å². The molecular weight excluding hydrogens is 156 g/mol. The van der Waals surface area contributed by atoms with E-state index in [9.17, 15) is 0 Å². The minimum absolute atomic E-state index is 0.0921. The first kappa shape index (κ1) is 8.45. The summed E-state index contributed by atoms with van der Waals surface area (Å²) in [4.78, 5) is 7.74. The summed E-state index contributed by atoms with van der Waals surface area (Å²) >= 11 is 0. The third-order valence-electron chi connectivity index (χ3n) is 1.20. The Morgan fingerprint density at radius 3 is 2.75 bits per heavy atom. The van der Waals surface area contributed by atoms with Gasteiger partial charge in [-0.15, -0.1) is 0 Å². The van der Waals surface area contributed by atoms with Gasteiger partial charge in [-0.3, -0.25) is 5.41 Å². The molecule has 0 aliphatic rings. The van der Waals surface area contributed by atoms with Gasteiger partial charge in [-0.05, 0) is 6.92 Å². The van der Waals surface area contributed by atoms with Crippen LogP contribution in [0.5, 0.6) is 5.88 Å². The lowest BCUT2D eigenvalue weighted by Gasteiger charge is -2.00. The maximum absolute atomic E-state index is 7.04. The van der Waals surface area contributed by atoms with Gasteiger partial charge >= 0.3 is 0 Å². The highest BCUT2D eigenvalue weighted by molar-refractivity contribution is 5.92. The van der Waals surface area contributed by atoms with Crippen LogP contribution in [0.2, 0.25) is 0 Å². The largest absolute Gasteiger partial charge is 0.477 e. The van der Waals surface area contributed by atoms with Crippen molar-refractivity contribution in [2.45, 2.75) is 6.92 Å². The van der Waals surface area contributed by atoms with E-state index in [0.717, 1.165) is 0 Å². The molecule has 1 rings (SSSR count). The van der Waals surface area contributed by atoms with Crippen molar-refractivity contribution in [3.8, 4) is 5.88 Å². The average molecular weight is 166 g/mol. The fourth-order valence-electron chi connectivity index (χ4n) is 0.678. The van der Waals surface area contributed by atoms with Crippen LogP contribution in [0.3, 0.4) is 0 Å². The second-order valence-electron chi connectivity index (χ2n) is 2.09. The SMILES string of the molecule is CCOc1cnc(C(=N)N)cn1. The standard InChI is InChI=1S/C7H10N4O/c1-2-12-6-4-10-5(3-11-6)7(8)9/h3-4H,2H2,1H3,(H3,8,9). The molecule has 0 aliphatic heterocycles. The van der Waals surface area contributed by atoms with Crippen molar-refractivity contribution in [1.82, 2.24) is 9.97 Å². The molecule has 0 saturated heterocycles. The van der Waals surface area contributed by atoms with Crippen LogP contribution in [-0.4, -0.2) is 22.4 Å². The van der Waals surface area contributed by atoms with Gasteiger partial charge in [0, 0.05) is 0 Å². The Hall–Kier alpha value is -1.65. The van der Waals surface area contributed by atoms with Crippen LogP contribution < -0.4 is 10.5 Å². The summed E-state index contributed by atoms with van der Waals surface area (Å²) < 4.78 is 5.06. The number of nitrogens with two attached hydrogens (primary N) is 1. The first-order valence-corrected chi connectivity index (χ1v) is 3.53. The zero-order valence-corrected chi connectivity index (χ0v) is 6.74. The van der Waals surface area contributed by atoms with Gasteiger partial charge in [-0.25, -0.2) is 9.97 Å². The third-order valence-corrected chi connectivity index (χ3v) is 1.20. The second-order valence-corrected chi connectivity index (χ2v) is 2.09. The molecule has 0 atom stereocenters. The van der Waals surface area contributed by atoms with Gasteiger partial charge in [0.25, 0.3) is 0 Å². The summed E-state index contributed by atoms with van der Waals surface area (Å²) in [5, 5.41) is 7.04. The Kier molecular flexibility index (Phi) is 2.57. The molecule has 0 unspecified atom stereocenters. The number of hydrogen-bond acceptors (Lipinski definition) is 4. The minimum atomic E-state index is -0.0921. The zero-order chi connectivity index (χ0) is 8.97. The number of rotatable bonds is 3. The van der Waals surface area contributed by atoms with Crippen molar-refractivity contribution in [1.29, 1.82) is 5.41 Å². The van der Waals surface area contributed by atoms with Crippen LogP contribution >= 0.6 is 0 Å². The van der Waals surface area contributed by atoms with Crippen LogP contribution in [0.25, 0.3) is 0 Å². The summed E-state index contributed by atoms with van der Waals surface area (Å²) in [6.45, 7) is 2.41. The van der Waals surface area contributed by atoms with Crippen LogP contribution in [0, 0.1) is 5.41 Å². The maximum atomic E-state index is 7.04. The summed E-state index contributed by atoms with van der Waals surface area (Å²) in [6.07, 6.45) is 2.85. The number of nitrogen functional groups attached to an aromatic ring is 1. The van der Waals surface area contributed by atoms with E-state index in [2.05, 4.69) is 9.97 Å². The molecule has 64 valence electrons. The van der Waals surface area contributed by atoms with Crippen molar-refractivity contribution >= 4 is 5.84 Å². The predicted octanol–water partition coefficient (Wildman–Crippen LogP) is 0.159. The van der Waals surface area contributed by atoms with Crippen molar-refractivity contribution in [2.75, 3.05) is 6.61 Å². The van der Waals surface area contributed by atoms with E-state index in [0.29, 0.717) is 18.2 Å². The Labute approximate surface area is 70.1 Å². The summed E-state index contributed by atoms with van der Waals surface area (Å²) in [6, 6.07) is 0. The van der Waals surface area contributed by atoms with Gasteiger partial charge < -0.3 is 10.5 Å². The normalized spacial score (nSPS) is 9.42. The number of hydrogen-bond donors (Lipinski definition) is 2. The number of nitrogens with zero attached hydrogens (tertiary/aromatic N) is 2.